The molecule has 0 atom stereocenters. The molecule has 1 amide bonds. The van der Waals surface area contributed by atoms with E-state index in [0.717, 1.165) is 5.06 Å². The molecular weight excluding hydrogens is 148 g/mol. The average molecular weight is 154 g/mol. The lowest BCUT2D eigenvalue weighted by atomic mass is 10.4. The second-order valence-corrected chi connectivity index (χ2v) is 1.55. The molecule has 0 fully saturated rings. The van der Waals surface area contributed by atoms with Crippen molar-refractivity contribution in [3.8, 4) is 6.07 Å². The summed E-state index contributed by atoms with van der Waals surface area (Å²) in [5.74, 6) is -0.794. The summed E-state index contributed by atoms with van der Waals surface area (Å²) in [4.78, 5) is 17.7. The minimum absolute atomic E-state index is 0.616. The quantitative estimate of drug-likeness (QED) is 0.225. The van der Waals surface area contributed by atoms with Crippen molar-refractivity contribution < 1.29 is 14.4 Å². The maximum absolute atomic E-state index is 10.8. The van der Waals surface area contributed by atoms with Crippen LogP contribution in [0.2, 0.25) is 0 Å². The first-order chi connectivity index (χ1) is 5.17. The summed E-state index contributed by atoms with van der Waals surface area (Å²) < 4.78 is 0. The van der Waals surface area contributed by atoms with Gasteiger partial charge in [0.05, 0.1) is 7.11 Å². The molecule has 0 aliphatic carbocycles. The van der Waals surface area contributed by atoms with Gasteiger partial charge in [-0.05, 0) is 0 Å². The van der Waals surface area contributed by atoms with Gasteiger partial charge in [-0.1, -0.05) is 0 Å². The van der Waals surface area contributed by atoms with Gasteiger partial charge in [-0.2, -0.15) is 5.26 Å². The molecule has 58 valence electrons. The van der Waals surface area contributed by atoms with Gasteiger partial charge < -0.3 is 5.53 Å². The van der Waals surface area contributed by atoms with Crippen molar-refractivity contribution in [2.75, 3.05) is 14.2 Å². The van der Waals surface area contributed by atoms with Crippen molar-refractivity contribution in [2.45, 2.75) is 0 Å². The fraction of sp³-hybridized carbons (Fsp3) is 0.400. The van der Waals surface area contributed by atoms with Crippen LogP contribution in [0.4, 0.5) is 0 Å². The fourth-order valence-electron chi connectivity index (χ4n) is 0.345. The van der Waals surface area contributed by atoms with Crippen LogP contribution >= 0.6 is 0 Å². The summed E-state index contributed by atoms with van der Waals surface area (Å²) in [7, 11) is 2.55. The summed E-state index contributed by atoms with van der Waals surface area (Å²) in [6.45, 7) is 0. The molecule has 0 aromatic heterocycles. The SMILES string of the molecule is CON(C)C(=O)C(C#N)=[N+]=[N-]. The lowest BCUT2D eigenvalue weighted by Crippen LogP contribution is -2.32. The van der Waals surface area contributed by atoms with Crippen LogP contribution in [0.3, 0.4) is 0 Å². The maximum atomic E-state index is 10.8. The number of hydrogen-bond donors (Lipinski definition) is 0. The Bertz CT molecular complexity index is 248. The van der Waals surface area contributed by atoms with Gasteiger partial charge in [-0.15, -0.1) is 4.79 Å². The monoisotopic (exact) mass is 154 g/mol. The van der Waals surface area contributed by atoms with Gasteiger partial charge >= 0.3 is 11.6 Å². The molecule has 0 rings (SSSR count). The van der Waals surface area contributed by atoms with E-state index in [4.69, 9.17) is 10.8 Å². The molecule has 0 radical (unpaired) electrons. The number of nitriles is 1. The number of nitrogens with zero attached hydrogens (tertiary/aromatic N) is 4. The predicted molar refractivity (Wildman–Crippen MR) is 34.0 cm³/mol. The third-order valence-electron chi connectivity index (χ3n) is 0.968. The number of carbonyl (C=O) groups is 1. The van der Waals surface area contributed by atoms with Crippen molar-refractivity contribution >= 4 is 11.6 Å². The number of hydrogen-bond acceptors (Lipinski definition) is 3. The third kappa shape index (κ3) is 2.18. The van der Waals surface area contributed by atoms with Gasteiger partial charge in [0.2, 0.25) is 0 Å². The number of amides is 1. The Kier molecular flexibility index (Phi) is 3.52. The molecule has 0 N–H and O–H groups in total. The Morgan fingerprint density at radius 3 is 2.64 bits per heavy atom. The van der Waals surface area contributed by atoms with Gasteiger partial charge in [0.1, 0.15) is 0 Å². The van der Waals surface area contributed by atoms with Crippen molar-refractivity contribution in [3.05, 3.63) is 5.53 Å². The van der Waals surface area contributed by atoms with Crippen LogP contribution in [-0.2, 0) is 9.63 Å². The molecular formula is C5H6N4O2. The third-order valence-corrected chi connectivity index (χ3v) is 0.968. The highest BCUT2D eigenvalue weighted by atomic mass is 16.7. The number of carbonyl (C=O) groups excluding carboxylic acids is 1. The van der Waals surface area contributed by atoms with Crippen LogP contribution in [0.1, 0.15) is 0 Å². The Hall–Kier alpha value is -1.70. The van der Waals surface area contributed by atoms with Gasteiger partial charge in [-0.3, -0.25) is 9.63 Å². The van der Waals surface area contributed by atoms with Crippen molar-refractivity contribution in [1.82, 2.24) is 5.06 Å². The molecule has 0 unspecified atom stereocenters. The summed E-state index contributed by atoms with van der Waals surface area (Å²) in [5, 5.41) is 8.97. The predicted octanol–water partition coefficient (Wildman–Crippen LogP) is -0.799. The van der Waals surface area contributed by atoms with Gasteiger partial charge in [0.15, 0.2) is 6.07 Å². The zero-order chi connectivity index (χ0) is 8.85. The van der Waals surface area contributed by atoms with Crippen LogP contribution < -0.4 is 0 Å². The van der Waals surface area contributed by atoms with E-state index in [2.05, 4.69) is 9.63 Å². The van der Waals surface area contributed by atoms with E-state index in [-0.39, 0.29) is 0 Å². The Morgan fingerprint density at radius 2 is 2.36 bits per heavy atom. The molecule has 0 aromatic rings. The molecule has 0 aliphatic heterocycles. The highest BCUT2D eigenvalue weighted by Gasteiger charge is 2.23. The average Bonchev–Trinajstić information content (AvgIpc) is 2.05. The first-order valence-electron chi connectivity index (χ1n) is 2.61. The normalized spacial score (nSPS) is 7.73. The second-order valence-electron chi connectivity index (χ2n) is 1.55. The highest BCUT2D eigenvalue weighted by molar-refractivity contribution is 6.42. The lowest BCUT2D eigenvalue weighted by molar-refractivity contribution is -0.164. The largest absolute Gasteiger partial charge is 0.457 e. The van der Waals surface area contributed by atoms with Crippen LogP contribution in [0.25, 0.3) is 5.53 Å². The van der Waals surface area contributed by atoms with Gasteiger partial charge in [0, 0.05) is 7.05 Å². The van der Waals surface area contributed by atoms with Crippen LogP contribution in [-0.4, -0.2) is 35.6 Å². The molecule has 6 nitrogen and oxygen atoms in total. The minimum Gasteiger partial charge on any atom is -0.360 e. The molecule has 0 aliphatic rings. The van der Waals surface area contributed by atoms with Gasteiger partial charge in [0.25, 0.3) is 0 Å². The highest BCUT2D eigenvalue weighted by Crippen LogP contribution is 1.84. The summed E-state index contributed by atoms with van der Waals surface area (Å²) in [5.41, 5.74) is 7.49. The summed E-state index contributed by atoms with van der Waals surface area (Å²) >= 11 is 0. The van der Waals surface area contributed by atoms with E-state index in [1.807, 2.05) is 0 Å². The molecule has 11 heavy (non-hydrogen) atoms. The van der Waals surface area contributed by atoms with E-state index in [9.17, 15) is 4.79 Å². The smallest absolute Gasteiger partial charge is 0.360 e. The molecule has 6 heteroatoms. The first-order valence-corrected chi connectivity index (χ1v) is 2.61. The zero-order valence-corrected chi connectivity index (χ0v) is 6.11. The van der Waals surface area contributed by atoms with E-state index in [1.165, 1.54) is 20.2 Å². The second kappa shape index (κ2) is 4.17. The van der Waals surface area contributed by atoms with Crippen LogP contribution in [0, 0.1) is 11.3 Å². The van der Waals surface area contributed by atoms with E-state index in [0.29, 0.717) is 0 Å². The zero-order valence-electron chi connectivity index (χ0n) is 6.11. The Balaban J connectivity index is 4.51. The molecule has 0 aromatic carbocycles. The number of hydroxylamine groups is 2. The standard InChI is InChI=1S/C5H6N4O2/c1-9(11-2)5(10)4(3-6)8-7/h1-2H3. The van der Waals surface area contributed by atoms with Crippen molar-refractivity contribution in [2.24, 2.45) is 0 Å². The fourth-order valence-corrected chi connectivity index (χ4v) is 0.345. The summed E-state index contributed by atoms with van der Waals surface area (Å²) in [6, 6.07) is 1.40. The first kappa shape index (κ1) is 9.30. The molecule has 0 bridgehead atoms. The van der Waals surface area contributed by atoms with Crippen LogP contribution in [0.15, 0.2) is 0 Å². The molecule has 0 saturated heterocycles. The summed E-state index contributed by atoms with van der Waals surface area (Å²) in [6.07, 6.45) is 0. The Morgan fingerprint density at radius 1 is 1.82 bits per heavy atom. The van der Waals surface area contributed by atoms with E-state index >= 15 is 0 Å². The minimum atomic E-state index is -0.794. The Labute approximate surface area is 63.2 Å². The maximum Gasteiger partial charge on any atom is 0.457 e. The van der Waals surface area contributed by atoms with Crippen LogP contribution in [0.5, 0.6) is 0 Å². The van der Waals surface area contributed by atoms with E-state index in [1.54, 1.807) is 0 Å². The topological polar surface area (TPSA) is 89.7 Å². The lowest BCUT2D eigenvalue weighted by Gasteiger charge is -2.07. The van der Waals surface area contributed by atoms with Gasteiger partial charge in [-0.25, -0.2) is 5.06 Å². The van der Waals surface area contributed by atoms with Crippen molar-refractivity contribution in [3.63, 3.8) is 0 Å². The van der Waals surface area contributed by atoms with Crippen molar-refractivity contribution in [1.29, 1.82) is 5.26 Å². The number of rotatable bonds is 2. The van der Waals surface area contributed by atoms with E-state index < -0.39 is 11.6 Å². The molecule has 0 heterocycles. The molecule has 0 spiro atoms. The molecule has 0 saturated carbocycles.